The summed E-state index contributed by atoms with van der Waals surface area (Å²) in [7, 11) is 0. The van der Waals surface area contributed by atoms with E-state index in [9.17, 15) is 14.4 Å². The molecule has 144 valence electrons. The second kappa shape index (κ2) is 11.3. The zero-order chi connectivity index (χ0) is 19.5. The first-order chi connectivity index (χ1) is 12.4. The van der Waals surface area contributed by atoms with Crippen LogP contribution in [0.3, 0.4) is 0 Å². The third-order valence-corrected chi connectivity index (χ3v) is 4.00. The number of nitrogens with zero attached hydrogens (tertiary/aromatic N) is 2. The van der Waals surface area contributed by atoms with Gasteiger partial charge in [-0.05, 0) is 45.5 Å². The first kappa shape index (κ1) is 21.6. The maximum Gasteiger partial charge on any atom is 0.253 e. The van der Waals surface area contributed by atoms with E-state index in [1.165, 1.54) is 0 Å². The van der Waals surface area contributed by atoms with Crippen molar-refractivity contribution in [1.82, 2.24) is 15.1 Å². The molecule has 0 saturated heterocycles. The first-order valence-electron chi connectivity index (χ1n) is 9.13. The van der Waals surface area contributed by atoms with Gasteiger partial charge in [-0.1, -0.05) is 13.0 Å². The lowest BCUT2D eigenvalue weighted by Crippen LogP contribution is -2.41. The van der Waals surface area contributed by atoms with Gasteiger partial charge in [0.25, 0.3) is 5.91 Å². The van der Waals surface area contributed by atoms with E-state index in [4.69, 9.17) is 0 Å². The summed E-state index contributed by atoms with van der Waals surface area (Å²) in [5.74, 6) is -0.380. The van der Waals surface area contributed by atoms with Gasteiger partial charge < -0.3 is 15.5 Å². The zero-order valence-corrected chi connectivity index (χ0v) is 16.2. The molecule has 0 radical (unpaired) electrons. The summed E-state index contributed by atoms with van der Waals surface area (Å²) in [5, 5.41) is 5.52. The molecule has 0 aliphatic heterocycles. The molecule has 1 aromatic carbocycles. The van der Waals surface area contributed by atoms with Crippen molar-refractivity contribution in [1.29, 1.82) is 0 Å². The Labute approximate surface area is 155 Å². The van der Waals surface area contributed by atoms with E-state index in [1.54, 1.807) is 34.1 Å². The van der Waals surface area contributed by atoms with E-state index in [-0.39, 0.29) is 30.8 Å². The first-order valence-corrected chi connectivity index (χ1v) is 9.13. The fourth-order valence-corrected chi connectivity index (χ4v) is 2.56. The molecule has 7 nitrogen and oxygen atoms in total. The molecule has 0 spiro atoms. The topological polar surface area (TPSA) is 81.8 Å². The predicted octanol–water partition coefficient (Wildman–Crippen LogP) is 1.57. The minimum Gasteiger partial charge on any atom is -0.355 e. The molecule has 0 atom stereocenters. The maximum absolute atomic E-state index is 12.4. The number of hydrogen-bond acceptors (Lipinski definition) is 4. The average molecular weight is 362 g/mol. The molecule has 0 unspecified atom stereocenters. The number of hydrogen-bond donors (Lipinski definition) is 2. The van der Waals surface area contributed by atoms with Gasteiger partial charge in [0.2, 0.25) is 11.8 Å². The van der Waals surface area contributed by atoms with Gasteiger partial charge in [-0.15, -0.1) is 0 Å². The molecule has 0 aliphatic rings. The lowest BCUT2D eigenvalue weighted by Gasteiger charge is -2.20. The molecular weight excluding hydrogens is 332 g/mol. The van der Waals surface area contributed by atoms with Gasteiger partial charge in [0.05, 0.1) is 13.1 Å². The number of rotatable bonds is 10. The summed E-state index contributed by atoms with van der Waals surface area (Å²) in [4.78, 5) is 39.8. The Morgan fingerprint density at radius 1 is 0.923 bits per heavy atom. The molecular formula is C19H30N4O3. The number of amides is 3. The van der Waals surface area contributed by atoms with Crippen LogP contribution in [0.4, 0.5) is 5.69 Å². The highest BCUT2D eigenvalue weighted by atomic mass is 16.2. The van der Waals surface area contributed by atoms with E-state index in [0.29, 0.717) is 37.4 Å². The van der Waals surface area contributed by atoms with Crippen LogP contribution < -0.4 is 10.6 Å². The molecule has 1 rings (SSSR count). The summed E-state index contributed by atoms with van der Waals surface area (Å²) < 4.78 is 0. The van der Waals surface area contributed by atoms with Gasteiger partial charge in [-0.3, -0.25) is 19.3 Å². The predicted molar refractivity (Wildman–Crippen MR) is 103 cm³/mol. The monoisotopic (exact) mass is 362 g/mol. The molecule has 0 saturated carbocycles. The van der Waals surface area contributed by atoms with Crippen molar-refractivity contribution >= 4 is 23.4 Å². The molecule has 0 aromatic heterocycles. The molecule has 0 fully saturated rings. The fraction of sp³-hybridized carbons (Fsp3) is 0.526. The van der Waals surface area contributed by atoms with E-state index in [1.807, 2.05) is 27.7 Å². The van der Waals surface area contributed by atoms with Gasteiger partial charge >= 0.3 is 0 Å². The highest BCUT2D eigenvalue weighted by Gasteiger charge is 2.15. The van der Waals surface area contributed by atoms with Gasteiger partial charge in [0.15, 0.2) is 0 Å². The van der Waals surface area contributed by atoms with Crippen LogP contribution in [0.15, 0.2) is 24.3 Å². The molecule has 2 N–H and O–H groups in total. The molecule has 26 heavy (non-hydrogen) atoms. The number of carbonyl (C=O) groups excluding carboxylic acids is 3. The van der Waals surface area contributed by atoms with Gasteiger partial charge in [0.1, 0.15) is 0 Å². The quantitative estimate of drug-likeness (QED) is 0.662. The molecule has 3 amide bonds. The Balaban J connectivity index is 2.70. The van der Waals surface area contributed by atoms with Crippen LogP contribution in [0.2, 0.25) is 0 Å². The van der Waals surface area contributed by atoms with Crippen LogP contribution >= 0.6 is 0 Å². The second-order valence-electron chi connectivity index (χ2n) is 5.86. The SMILES string of the molecule is CCNC(=O)CN(CC)CC(=O)Nc1cccc(C(=O)N(CC)CC)c1. The van der Waals surface area contributed by atoms with E-state index >= 15 is 0 Å². The highest BCUT2D eigenvalue weighted by molar-refractivity contribution is 5.97. The summed E-state index contributed by atoms with van der Waals surface area (Å²) in [6.07, 6.45) is 0. The van der Waals surface area contributed by atoms with Gasteiger partial charge in [-0.25, -0.2) is 0 Å². The van der Waals surface area contributed by atoms with Crippen LogP contribution in [0.25, 0.3) is 0 Å². The standard InChI is InChI=1S/C19H30N4O3/c1-5-20-17(24)13-22(6-2)14-18(25)21-16-11-9-10-15(12-16)19(26)23(7-3)8-4/h9-12H,5-8,13-14H2,1-4H3,(H,20,24)(H,21,25). The molecule has 1 aromatic rings. The number of benzene rings is 1. The van der Waals surface area contributed by atoms with Crippen molar-refractivity contribution < 1.29 is 14.4 Å². The molecule has 7 heteroatoms. The van der Waals surface area contributed by atoms with Crippen LogP contribution in [0.1, 0.15) is 38.1 Å². The van der Waals surface area contributed by atoms with Gasteiger partial charge in [0, 0.05) is 30.9 Å². The lowest BCUT2D eigenvalue weighted by molar-refractivity contribution is -0.123. The third-order valence-electron chi connectivity index (χ3n) is 4.00. The van der Waals surface area contributed by atoms with Gasteiger partial charge in [-0.2, -0.15) is 0 Å². The maximum atomic E-state index is 12.4. The van der Waals surface area contributed by atoms with Crippen molar-refractivity contribution in [3.05, 3.63) is 29.8 Å². The average Bonchev–Trinajstić information content (AvgIpc) is 2.62. The normalized spacial score (nSPS) is 10.5. The van der Waals surface area contributed by atoms with Crippen molar-refractivity contribution in [3.63, 3.8) is 0 Å². The van der Waals surface area contributed by atoms with Crippen molar-refractivity contribution in [2.75, 3.05) is 44.6 Å². The highest BCUT2D eigenvalue weighted by Crippen LogP contribution is 2.13. The molecule has 0 heterocycles. The largest absolute Gasteiger partial charge is 0.355 e. The Morgan fingerprint density at radius 2 is 1.58 bits per heavy atom. The van der Waals surface area contributed by atoms with Crippen molar-refractivity contribution in [2.45, 2.75) is 27.7 Å². The van der Waals surface area contributed by atoms with E-state index < -0.39 is 0 Å². The fourth-order valence-electron chi connectivity index (χ4n) is 2.56. The number of likely N-dealkylation sites (N-methyl/N-ethyl adjacent to an activating group) is 2. The summed E-state index contributed by atoms with van der Waals surface area (Å²) in [5.41, 5.74) is 1.11. The van der Waals surface area contributed by atoms with Crippen molar-refractivity contribution in [2.24, 2.45) is 0 Å². The number of carbonyl (C=O) groups is 3. The van der Waals surface area contributed by atoms with Crippen molar-refractivity contribution in [3.8, 4) is 0 Å². The second-order valence-corrected chi connectivity index (χ2v) is 5.86. The van der Waals surface area contributed by atoms with E-state index in [2.05, 4.69) is 10.6 Å². The minimum atomic E-state index is -0.219. The molecule has 0 aliphatic carbocycles. The Kier molecular flexibility index (Phi) is 9.36. The lowest BCUT2D eigenvalue weighted by atomic mass is 10.1. The van der Waals surface area contributed by atoms with Crippen LogP contribution in [-0.2, 0) is 9.59 Å². The molecule has 0 bridgehead atoms. The van der Waals surface area contributed by atoms with Crippen LogP contribution in [0, 0.1) is 0 Å². The summed E-state index contributed by atoms with van der Waals surface area (Å²) in [6.45, 7) is 10.3. The van der Waals surface area contributed by atoms with Crippen LogP contribution in [-0.4, -0.2) is 66.8 Å². The minimum absolute atomic E-state index is 0.0579. The Hall–Kier alpha value is -2.41. The zero-order valence-electron chi connectivity index (χ0n) is 16.2. The number of nitrogens with one attached hydrogen (secondary N) is 2. The number of anilines is 1. The Morgan fingerprint density at radius 3 is 2.15 bits per heavy atom. The van der Waals surface area contributed by atoms with Crippen LogP contribution in [0.5, 0.6) is 0 Å². The third kappa shape index (κ3) is 6.84. The van der Waals surface area contributed by atoms with E-state index in [0.717, 1.165) is 0 Å². The summed E-state index contributed by atoms with van der Waals surface area (Å²) >= 11 is 0. The summed E-state index contributed by atoms with van der Waals surface area (Å²) in [6, 6.07) is 6.91. The smallest absolute Gasteiger partial charge is 0.253 e. The Bertz CT molecular complexity index is 615.